The van der Waals surface area contributed by atoms with E-state index in [9.17, 15) is 28.8 Å². The molecule has 0 saturated heterocycles. The van der Waals surface area contributed by atoms with E-state index in [1.165, 1.54) is 24.3 Å². The summed E-state index contributed by atoms with van der Waals surface area (Å²) in [6, 6.07) is 19.6. The minimum absolute atomic E-state index is 0.0145. The Morgan fingerprint density at radius 3 is 1.49 bits per heavy atom. The van der Waals surface area contributed by atoms with Crippen LogP contribution < -0.4 is 4.90 Å². The third-order valence-corrected chi connectivity index (χ3v) is 8.90. The lowest BCUT2D eigenvalue weighted by atomic mass is 10.1. The van der Waals surface area contributed by atoms with Gasteiger partial charge >= 0.3 is 0 Å². The molecule has 1 aliphatic rings. The smallest absolute Gasteiger partial charge is 0.206 e. The molecule has 0 saturated carbocycles. The van der Waals surface area contributed by atoms with Gasteiger partial charge in [0.05, 0.1) is 59.0 Å². The van der Waals surface area contributed by atoms with E-state index in [1.54, 1.807) is 36.4 Å². The zero-order valence-corrected chi connectivity index (χ0v) is 25.6. The fraction of sp³-hybridized carbons (Fsp3) is 0.312. The van der Waals surface area contributed by atoms with Gasteiger partial charge in [0.15, 0.2) is 0 Å². The topological polar surface area (TPSA) is 171 Å². The van der Waals surface area contributed by atoms with Crippen molar-refractivity contribution in [3.63, 3.8) is 0 Å². The second-order valence-corrected chi connectivity index (χ2v) is 12.1. The highest BCUT2D eigenvalue weighted by molar-refractivity contribution is 7.91. The molecule has 238 valence electrons. The number of benzene rings is 3. The summed E-state index contributed by atoms with van der Waals surface area (Å²) < 4.78 is 26.4. The van der Waals surface area contributed by atoms with E-state index in [0.29, 0.717) is 55.4 Å². The van der Waals surface area contributed by atoms with Gasteiger partial charge in [-0.25, -0.2) is 8.42 Å². The first-order chi connectivity index (χ1) is 21.9. The van der Waals surface area contributed by atoms with Gasteiger partial charge in [0, 0.05) is 37.9 Å². The van der Waals surface area contributed by atoms with Crippen LogP contribution in [0.1, 0.15) is 6.42 Å². The van der Waals surface area contributed by atoms with E-state index in [0.717, 1.165) is 5.69 Å². The first-order valence-corrected chi connectivity index (χ1v) is 16.1. The molecule has 0 spiro atoms. The third kappa shape index (κ3) is 9.44. The molecule has 13 heteroatoms. The molecule has 0 amide bonds. The van der Waals surface area contributed by atoms with Crippen LogP contribution in [-0.2, 0) is 9.84 Å². The molecule has 1 atom stereocenters. The molecule has 1 unspecified atom stereocenters. The minimum atomic E-state index is -3.77. The highest BCUT2D eigenvalue weighted by atomic mass is 32.2. The van der Waals surface area contributed by atoms with Crippen LogP contribution in [0, 0.1) is 0 Å². The summed E-state index contributed by atoms with van der Waals surface area (Å²) in [5.41, 5.74) is 3.11. The second-order valence-electron chi connectivity index (χ2n) is 10.1. The molecule has 0 aliphatic heterocycles. The molecule has 1 aliphatic carbocycles. The fourth-order valence-electron chi connectivity index (χ4n) is 4.74. The highest BCUT2D eigenvalue weighted by Crippen LogP contribution is 2.27. The molecule has 45 heavy (non-hydrogen) atoms. The number of anilines is 1. The van der Waals surface area contributed by atoms with Crippen molar-refractivity contribution < 1.29 is 28.8 Å². The summed E-state index contributed by atoms with van der Waals surface area (Å²) in [5, 5.41) is 53.8. The van der Waals surface area contributed by atoms with Crippen molar-refractivity contribution in [3.05, 3.63) is 96.7 Å². The normalized spacial score (nSPS) is 15.3. The third-order valence-electron chi connectivity index (χ3n) is 7.11. The Kier molecular flexibility index (Phi) is 12.6. The van der Waals surface area contributed by atoms with Gasteiger partial charge in [0.25, 0.3) is 0 Å². The van der Waals surface area contributed by atoms with Crippen molar-refractivity contribution in [2.75, 3.05) is 57.5 Å². The van der Waals surface area contributed by atoms with Crippen molar-refractivity contribution in [1.29, 1.82) is 0 Å². The fourth-order valence-corrected chi connectivity index (χ4v) is 6.00. The van der Waals surface area contributed by atoms with Crippen LogP contribution in [0.2, 0.25) is 0 Å². The van der Waals surface area contributed by atoms with Gasteiger partial charge in [-0.2, -0.15) is 20.5 Å². The summed E-state index contributed by atoms with van der Waals surface area (Å²) in [7, 11) is -3.77. The van der Waals surface area contributed by atoms with Gasteiger partial charge < -0.3 is 25.3 Å². The number of aliphatic hydroxyl groups is 4. The lowest BCUT2D eigenvalue weighted by Gasteiger charge is -2.29. The molecular formula is C32H38N6O6S. The first-order valence-electron chi connectivity index (χ1n) is 14.6. The van der Waals surface area contributed by atoms with Gasteiger partial charge in [-0.3, -0.25) is 4.90 Å². The van der Waals surface area contributed by atoms with Crippen molar-refractivity contribution in [2.24, 2.45) is 20.5 Å². The number of hydrogen-bond acceptors (Lipinski definition) is 12. The van der Waals surface area contributed by atoms with Gasteiger partial charge in [-0.05, 0) is 85.3 Å². The van der Waals surface area contributed by atoms with E-state index in [-0.39, 0.29) is 42.3 Å². The standard InChI is InChI=1S/C32H38N6O6S/c39-21-17-37(18-22-40)29-9-1-25(2-10-29)33-35-27-5-13-31(14-6-27)45(43,44)32-15-7-28(8-16-32)36-34-26-3-11-30(12-4-26)38(19-23-41)20-24-42/h1-11,13-16,30,39-42H,12,17-24H2/b35-33-,36-34-. The van der Waals surface area contributed by atoms with E-state index < -0.39 is 9.84 Å². The maximum Gasteiger partial charge on any atom is 0.206 e. The average molecular weight is 635 g/mol. The zero-order valence-electron chi connectivity index (χ0n) is 24.8. The maximum atomic E-state index is 13.2. The lowest BCUT2D eigenvalue weighted by Crippen LogP contribution is -2.38. The van der Waals surface area contributed by atoms with Crippen LogP contribution in [-0.4, -0.2) is 92.4 Å². The predicted octanol–water partition coefficient (Wildman–Crippen LogP) is 4.31. The molecule has 0 fully saturated rings. The van der Waals surface area contributed by atoms with Crippen molar-refractivity contribution in [1.82, 2.24) is 4.90 Å². The quantitative estimate of drug-likeness (QED) is 0.169. The zero-order chi connectivity index (χ0) is 32.1. The van der Waals surface area contributed by atoms with E-state index >= 15 is 0 Å². The highest BCUT2D eigenvalue weighted by Gasteiger charge is 2.18. The van der Waals surface area contributed by atoms with Crippen LogP contribution in [0.4, 0.5) is 22.7 Å². The Labute approximate surface area is 262 Å². The predicted molar refractivity (Wildman–Crippen MR) is 171 cm³/mol. The van der Waals surface area contributed by atoms with Gasteiger partial charge in [0.1, 0.15) is 0 Å². The number of nitrogens with zero attached hydrogens (tertiary/aromatic N) is 6. The van der Waals surface area contributed by atoms with E-state index in [4.69, 9.17) is 0 Å². The van der Waals surface area contributed by atoms with E-state index in [1.807, 2.05) is 40.2 Å². The minimum Gasteiger partial charge on any atom is -0.395 e. The number of sulfone groups is 1. The van der Waals surface area contributed by atoms with Crippen molar-refractivity contribution in [2.45, 2.75) is 22.3 Å². The molecule has 4 N–H and O–H groups in total. The molecule has 12 nitrogen and oxygen atoms in total. The molecule has 0 bridgehead atoms. The Hall–Kier alpha value is -4.11. The molecule has 3 aromatic rings. The molecule has 0 heterocycles. The second kappa shape index (κ2) is 16.8. The number of aliphatic hydroxyl groups excluding tert-OH is 4. The van der Waals surface area contributed by atoms with E-state index in [2.05, 4.69) is 20.5 Å². The molecule has 0 aromatic heterocycles. The van der Waals surface area contributed by atoms with Crippen molar-refractivity contribution >= 4 is 32.6 Å². The monoisotopic (exact) mass is 634 g/mol. The number of azo groups is 2. The first kappa shape index (κ1) is 33.8. The summed E-state index contributed by atoms with van der Waals surface area (Å²) in [5.74, 6) is 0. The van der Waals surface area contributed by atoms with Gasteiger partial charge in [-0.1, -0.05) is 12.2 Å². The average Bonchev–Trinajstić information content (AvgIpc) is 3.07. The maximum absolute atomic E-state index is 13.2. The molecule has 3 aromatic carbocycles. The summed E-state index contributed by atoms with van der Waals surface area (Å²) in [4.78, 5) is 4.10. The Morgan fingerprint density at radius 2 is 1.07 bits per heavy atom. The molecular weight excluding hydrogens is 596 g/mol. The van der Waals surface area contributed by atoms with Crippen LogP contribution >= 0.6 is 0 Å². The van der Waals surface area contributed by atoms with Crippen LogP contribution in [0.5, 0.6) is 0 Å². The van der Waals surface area contributed by atoms with Gasteiger partial charge in [-0.15, -0.1) is 0 Å². The van der Waals surface area contributed by atoms with Crippen LogP contribution in [0.25, 0.3) is 0 Å². The lowest BCUT2D eigenvalue weighted by molar-refractivity contribution is 0.139. The van der Waals surface area contributed by atoms with Crippen LogP contribution in [0.3, 0.4) is 0 Å². The van der Waals surface area contributed by atoms with Crippen LogP contribution in [0.15, 0.2) is 127 Å². The number of allylic oxidation sites excluding steroid dienone is 1. The molecule has 4 rings (SSSR count). The molecule has 0 radical (unpaired) electrons. The van der Waals surface area contributed by atoms with Gasteiger partial charge in [0.2, 0.25) is 9.84 Å². The summed E-state index contributed by atoms with van der Waals surface area (Å²) >= 11 is 0. The Morgan fingerprint density at radius 1 is 0.622 bits per heavy atom. The van der Waals surface area contributed by atoms with Crippen molar-refractivity contribution in [3.8, 4) is 0 Å². The largest absolute Gasteiger partial charge is 0.395 e. The number of hydrogen-bond donors (Lipinski definition) is 4. The SMILES string of the molecule is O=S(=O)(c1ccc(/N=N\C2=CCC(N(CCO)CCO)C=C2)cc1)c1ccc(/N=N\c2ccc(N(CCO)CCO)cc2)cc1. The Balaban J connectivity index is 1.35. The number of rotatable bonds is 16. The summed E-state index contributed by atoms with van der Waals surface area (Å²) in [6.45, 7) is 1.74. The summed E-state index contributed by atoms with van der Waals surface area (Å²) in [6.07, 6.45) is 6.41. The Bertz CT molecular complexity index is 1580.